The van der Waals surface area contributed by atoms with Crippen LogP contribution in [0.15, 0.2) is 29.4 Å². The van der Waals surface area contributed by atoms with Crippen LogP contribution in [-0.2, 0) is 0 Å². The first-order chi connectivity index (χ1) is 17.3. The summed E-state index contributed by atoms with van der Waals surface area (Å²) < 4.78 is 8.47. The maximum Gasteiger partial charge on any atom is 0.274 e. The Bertz CT molecular complexity index is 1070. The number of anilines is 3. The standard InChI is InChI=1S/C25H36N6O4S/c1-24(2,16-33)30-22-20(35-3)5-4-17(28-22)23(34)29-18-15-26-21(36-27-10-13-32)14-19(18)31-11-8-25(6-7-25)9-12-31/h4-5,14-15,27,32-33H,6-13,16H2,1-3H3,(H,28,30)(H,29,34). The van der Waals surface area contributed by atoms with Gasteiger partial charge in [0.05, 0.1) is 43.4 Å². The molecule has 1 aliphatic heterocycles. The summed E-state index contributed by atoms with van der Waals surface area (Å²) in [6, 6.07) is 5.27. The number of ether oxygens (including phenoxy) is 1. The Morgan fingerprint density at radius 1 is 1.22 bits per heavy atom. The fourth-order valence-corrected chi connectivity index (χ4v) is 4.90. The van der Waals surface area contributed by atoms with Crippen LogP contribution < -0.4 is 25.0 Å². The molecular weight excluding hydrogens is 480 g/mol. The summed E-state index contributed by atoms with van der Waals surface area (Å²) in [6.45, 7) is 5.93. The first-order valence-electron chi connectivity index (χ1n) is 12.3. The summed E-state index contributed by atoms with van der Waals surface area (Å²) in [7, 11) is 1.53. The van der Waals surface area contributed by atoms with Gasteiger partial charge in [-0.15, -0.1) is 0 Å². The van der Waals surface area contributed by atoms with Crippen LogP contribution in [0.4, 0.5) is 17.2 Å². The molecule has 4 rings (SSSR count). The Morgan fingerprint density at radius 3 is 2.61 bits per heavy atom. The lowest BCUT2D eigenvalue weighted by molar-refractivity contribution is 0.102. The van der Waals surface area contributed by atoms with Gasteiger partial charge in [-0.3, -0.25) is 9.52 Å². The summed E-state index contributed by atoms with van der Waals surface area (Å²) >= 11 is 1.36. The van der Waals surface area contributed by atoms with E-state index in [1.165, 1.54) is 31.9 Å². The van der Waals surface area contributed by atoms with E-state index in [4.69, 9.17) is 9.84 Å². The average molecular weight is 517 g/mol. The van der Waals surface area contributed by atoms with Crippen molar-refractivity contribution in [1.29, 1.82) is 0 Å². The predicted octanol–water partition coefficient (Wildman–Crippen LogP) is 2.89. The van der Waals surface area contributed by atoms with Gasteiger partial charge < -0.3 is 30.5 Å². The van der Waals surface area contributed by atoms with Crippen LogP contribution in [0.3, 0.4) is 0 Å². The van der Waals surface area contributed by atoms with E-state index in [0.29, 0.717) is 29.2 Å². The Hall–Kier alpha value is -2.60. The Morgan fingerprint density at radius 2 is 1.97 bits per heavy atom. The highest BCUT2D eigenvalue weighted by molar-refractivity contribution is 7.97. The lowest BCUT2D eigenvalue weighted by atomic mass is 9.93. The van der Waals surface area contributed by atoms with E-state index >= 15 is 0 Å². The molecule has 5 N–H and O–H groups in total. The minimum atomic E-state index is -0.642. The summed E-state index contributed by atoms with van der Waals surface area (Å²) in [5.41, 5.74) is 1.66. The first-order valence-corrected chi connectivity index (χ1v) is 13.1. The molecule has 1 saturated heterocycles. The molecule has 2 fully saturated rings. The van der Waals surface area contributed by atoms with Crippen LogP contribution in [0.1, 0.15) is 50.0 Å². The molecule has 0 atom stereocenters. The molecule has 3 heterocycles. The third-order valence-electron chi connectivity index (χ3n) is 6.78. The number of rotatable bonds is 11. The Kier molecular flexibility index (Phi) is 8.23. The molecule has 11 heteroatoms. The number of aliphatic hydroxyl groups excluding tert-OH is 2. The second kappa shape index (κ2) is 11.2. The molecule has 1 amide bonds. The number of hydrogen-bond acceptors (Lipinski definition) is 10. The molecule has 2 aromatic heterocycles. The maximum atomic E-state index is 13.3. The monoisotopic (exact) mass is 516 g/mol. The number of carbonyl (C=O) groups is 1. The zero-order valence-corrected chi connectivity index (χ0v) is 22.0. The van der Waals surface area contributed by atoms with Crippen molar-refractivity contribution in [3.8, 4) is 5.75 Å². The molecule has 1 spiro atoms. The van der Waals surface area contributed by atoms with Crippen molar-refractivity contribution in [3.05, 3.63) is 30.1 Å². The average Bonchev–Trinajstić information content (AvgIpc) is 3.64. The van der Waals surface area contributed by atoms with Gasteiger partial charge in [0.15, 0.2) is 11.6 Å². The smallest absolute Gasteiger partial charge is 0.274 e. The lowest BCUT2D eigenvalue weighted by Crippen LogP contribution is -2.36. The molecule has 2 aliphatic rings. The van der Waals surface area contributed by atoms with Crippen LogP contribution >= 0.6 is 11.9 Å². The van der Waals surface area contributed by atoms with E-state index in [0.717, 1.165) is 36.6 Å². The van der Waals surface area contributed by atoms with Gasteiger partial charge in [-0.1, -0.05) is 0 Å². The lowest BCUT2D eigenvalue weighted by Gasteiger charge is -2.35. The van der Waals surface area contributed by atoms with Crippen molar-refractivity contribution in [2.24, 2.45) is 5.41 Å². The summed E-state index contributed by atoms with van der Waals surface area (Å²) in [4.78, 5) is 24.6. The third kappa shape index (κ3) is 6.39. The summed E-state index contributed by atoms with van der Waals surface area (Å²) in [5, 5.41) is 25.6. The number of piperidine rings is 1. The highest BCUT2D eigenvalue weighted by atomic mass is 32.2. The molecule has 196 valence electrons. The van der Waals surface area contributed by atoms with Gasteiger partial charge in [0.25, 0.3) is 5.91 Å². The summed E-state index contributed by atoms with van der Waals surface area (Å²) in [6.07, 6.45) is 6.63. The van der Waals surface area contributed by atoms with E-state index < -0.39 is 5.54 Å². The number of carbonyl (C=O) groups excluding carboxylic acids is 1. The van der Waals surface area contributed by atoms with Crippen molar-refractivity contribution >= 4 is 35.0 Å². The van der Waals surface area contributed by atoms with Crippen molar-refractivity contribution in [1.82, 2.24) is 14.7 Å². The van der Waals surface area contributed by atoms with E-state index in [2.05, 4.69) is 30.2 Å². The number of hydrogen-bond donors (Lipinski definition) is 5. The minimum absolute atomic E-state index is 0.0450. The fraction of sp³-hybridized carbons (Fsp3) is 0.560. The number of methoxy groups -OCH3 is 1. The van der Waals surface area contributed by atoms with Crippen LogP contribution in [0.5, 0.6) is 5.75 Å². The minimum Gasteiger partial charge on any atom is -0.493 e. The normalized spacial score (nSPS) is 16.6. The molecule has 2 aromatic rings. The van der Waals surface area contributed by atoms with Gasteiger partial charge in [-0.05, 0) is 75.1 Å². The molecule has 0 unspecified atom stereocenters. The van der Waals surface area contributed by atoms with Crippen LogP contribution in [-0.4, -0.2) is 71.6 Å². The van der Waals surface area contributed by atoms with Crippen molar-refractivity contribution in [3.63, 3.8) is 0 Å². The van der Waals surface area contributed by atoms with Gasteiger partial charge in [0.2, 0.25) is 0 Å². The highest BCUT2D eigenvalue weighted by Crippen LogP contribution is 2.54. The van der Waals surface area contributed by atoms with Crippen LogP contribution in [0.2, 0.25) is 0 Å². The molecular formula is C25H36N6O4S. The number of aromatic nitrogens is 2. The van der Waals surface area contributed by atoms with Crippen molar-refractivity contribution in [2.75, 3.05) is 55.5 Å². The second-order valence-corrected chi connectivity index (χ2v) is 11.0. The molecule has 1 saturated carbocycles. The number of amides is 1. The molecule has 0 radical (unpaired) electrons. The number of pyridine rings is 2. The van der Waals surface area contributed by atoms with E-state index in [1.807, 2.05) is 19.9 Å². The van der Waals surface area contributed by atoms with Crippen LogP contribution in [0, 0.1) is 5.41 Å². The zero-order chi connectivity index (χ0) is 25.8. The molecule has 1 aliphatic carbocycles. The Labute approximate surface area is 216 Å². The zero-order valence-electron chi connectivity index (χ0n) is 21.1. The number of nitrogens with one attached hydrogen (secondary N) is 3. The third-order valence-corrected chi connectivity index (χ3v) is 7.56. The van der Waals surface area contributed by atoms with Crippen LogP contribution in [0.25, 0.3) is 0 Å². The van der Waals surface area contributed by atoms with Gasteiger partial charge >= 0.3 is 0 Å². The van der Waals surface area contributed by atoms with E-state index in [-0.39, 0.29) is 24.8 Å². The van der Waals surface area contributed by atoms with E-state index in [9.17, 15) is 9.90 Å². The molecule has 0 bridgehead atoms. The Balaban J connectivity index is 1.56. The van der Waals surface area contributed by atoms with Gasteiger partial charge in [0.1, 0.15) is 10.7 Å². The van der Waals surface area contributed by atoms with Crippen molar-refractivity contribution in [2.45, 2.75) is 50.1 Å². The molecule has 10 nitrogen and oxygen atoms in total. The predicted molar refractivity (Wildman–Crippen MR) is 142 cm³/mol. The molecule has 0 aromatic carbocycles. The SMILES string of the molecule is COc1ccc(C(=O)Nc2cnc(SNCCO)cc2N2CCC3(CC2)CC3)nc1NC(C)(C)CO. The summed E-state index contributed by atoms with van der Waals surface area (Å²) in [5.74, 6) is 0.504. The number of aliphatic hydroxyl groups is 2. The van der Waals surface area contributed by atoms with Gasteiger partial charge in [-0.2, -0.15) is 0 Å². The number of nitrogens with zero attached hydrogens (tertiary/aromatic N) is 3. The fourth-order valence-electron chi connectivity index (χ4n) is 4.28. The van der Waals surface area contributed by atoms with Crippen molar-refractivity contribution < 1.29 is 19.7 Å². The maximum absolute atomic E-state index is 13.3. The highest BCUT2D eigenvalue weighted by Gasteiger charge is 2.44. The molecule has 36 heavy (non-hydrogen) atoms. The van der Waals surface area contributed by atoms with Gasteiger partial charge in [0, 0.05) is 19.6 Å². The topological polar surface area (TPSA) is 132 Å². The largest absolute Gasteiger partial charge is 0.493 e. The van der Waals surface area contributed by atoms with E-state index in [1.54, 1.807) is 18.3 Å². The first kappa shape index (κ1) is 26.5. The second-order valence-electron chi connectivity index (χ2n) is 10.1. The van der Waals surface area contributed by atoms with Gasteiger partial charge in [-0.25, -0.2) is 9.97 Å². The quantitative estimate of drug-likeness (QED) is 0.224.